The van der Waals surface area contributed by atoms with Crippen LogP contribution in [0.2, 0.25) is 0 Å². The van der Waals surface area contributed by atoms with Crippen LogP contribution in [0.3, 0.4) is 0 Å². The number of carbonyl (C=O) groups excluding carboxylic acids is 1. The third kappa shape index (κ3) is 3.45. The monoisotopic (exact) mass is 320 g/mol. The lowest BCUT2D eigenvalue weighted by molar-refractivity contribution is -0.117. The van der Waals surface area contributed by atoms with E-state index in [4.69, 9.17) is 10.8 Å². The number of nitrogens with one attached hydrogen (secondary N) is 1. The molecule has 0 aliphatic rings. The molecule has 3 rings (SSSR count). The summed E-state index contributed by atoms with van der Waals surface area (Å²) in [6, 6.07) is 21.1. The Labute approximate surface area is 140 Å². The molecule has 0 saturated heterocycles. The average Bonchev–Trinajstić information content (AvgIpc) is 2.63. The smallest absolute Gasteiger partial charge is 0.233 e. The molecule has 4 N–H and O–H groups in total. The van der Waals surface area contributed by atoms with Gasteiger partial charge in [0, 0.05) is 12.2 Å². The van der Waals surface area contributed by atoms with Gasteiger partial charge in [-0.25, -0.2) is 0 Å². The first-order chi connectivity index (χ1) is 11.7. The molecule has 0 unspecified atom stereocenters. The van der Waals surface area contributed by atoms with Gasteiger partial charge in [-0.15, -0.1) is 0 Å². The van der Waals surface area contributed by atoms with Gasteiger partial charge >= 0.3 is 0 Å². The van der Waals surface area contributed by atoms with Gasteiger partial charge < -0.3 is 16.2 Å². The van der Waals surface area contributed by atoms with Gasteiger partial charge in [-0.1, -0.05) is 54.6 Å². The first-order valence-electron chi connectivity index (χ1n) is 7.90. The summed E-state index contributed by atoms with van der Waals surface area (Å²) in [6.07, 6.45) is 0. The topological polar surface area (TPSA) is 75.4 Å². The first kappa shape index (κ1) is 16.2. The standard InChI is InChI=1S/C20H20N2O2/c21-12-19(16-7-5-14(13-23)6-8-16)20(24)22-18-10-9-15-3-1-2-4-17(15)11-18/h1-11,19,23H,12-13,21H2,(H,22,24)/t19-/m1/s1. The van der Waals surface area contributed by atoms with Gasteiger partial charge in [0.05, 0.1) is 12.5 Å². The molecule has 0 saturated carbocycles. The zero-order chi connectivity index (χ0) is 16.9. The van der Waals surface area contributed by atoms with Gasteiger partial charge in [0.15, 0.2) is 0 Å². The number of benzene rings is 3. The summed E-state index contributed by atoms with van der Waals surface area (Å²) >= 11 is 0. The van der Waals surface area contributed by atoms with Crippen LogP contribution in [-0.2, 0) is 11.4 Å². The normalized spacial score (nSPS) is 12.1. The molecule has 24 heavy (non-hydrogen) atoms. The van der Waals surface area contributed by atoms with Gasteiger partial charge in [0.2, 0.25) is 5.91 Å². The van der Waals surface area contributed by atoms with E-state index in [2.05, 4.69) is 5.32 Å². The maximum Gasteiger partial charge on any atom is 0.233 e. The molecule has 4 heteroatoms. The van der Waals surface area contributed by atoms with Crippen LogP contribution in [0.5, 0.6) is 0 Å². The number of hydrogen-bond acceptors (Lipinski definition) is 3. The Kier molecular flexibility index (Phi) is 4.89. The fourth-order valence-electron chi connectivity index (χ4n) is 2.75. The quantitative estimate of drug-likeness (QED) is 0.676. The van der Waals surface area contributed by atoms with Gasteiger partial charge in [0.25, 0.3) is 0 Å². The summed E-state index contributed by atoms with van der Waals surface area (Å²) in [5, 5.41) is 14.3. The SMILES string of the molecule is NC[C@@H](C(=O)Nc1ccc2ccccc2c1)c1ccc(CO)cc1. The van der Waals surface area contributed by atoms with Crippen molar-refractivity contribution in [2.24, 2.45) is 5.73 Å². The molecule has 1 amide bonds. The number of nitrogens with two attached hydrogens (primary N) is 1. The molecule has 3 aromatic carbocycles. The van der Waals surface area contributed by atoms with Crippen molar-refractivity contribution in [3.05, 3.63) is 77.9 Å². The molecule has 0 spiro atoms. The molecule has 0 bridgehead atoms. The van der Waals surface area contributed by atoms with Crippen molar-refractivity contribution in [3.63, 3.8) is 0 Å². The maximum atomic E-state index is 12.6. The number of carbonyl (C=O) groups is 1. The van der Waals surface area contributed by atoms with Crippen LogP contribution in [-0.4, -0.2) is 17.6 Å². The number of aliphatic hydroxyl groups is 1. The Morgan fingerprint density at radius 3 is 2.38 bits per heavy atom. The molecule has 1 atom stereocenters. The first-order valence-corrected chi connectivity index (χ1v) is 7.90. The fourth-order valence-corrected chi connectivity index (χ4v) is 2.75. The lowest BCUT2D eigenvalue weighted by Gasteiger charge is -2.16. The molecule has 0 aromatic heterocycles. The predicted octanol–water partition coefficient (Wildman–Crippen LogP) is 3.01. The number of anilines is 1. The van der Waals surface area contributed by atoms with Gasteiger partial charge in [-0.2, -0.15) is 0 Å². The zero-order valence-corrected chi connectivity index (χ0v) is 13.3. The van der Waals surface area contributed by atoms with Gasteiger partial charge in [-0.05, 0) is 34.0 Å². The molecular weight excluding hydrogens is 300 g/mol. The van der Waals surface area contributed by atoms with E-state index < -0.39 is 5.92 Å². The van der Waals surface area contributed by atoms with E-state index in [1.54, 1.807) is 12.1 Å². The number of amides is 1. The lowest BCUT2D eigenvalue weighted by Crippen LogP contribution is -2.27. The van der Waals surface area contributed by atoms with Crippen molar-refractivity contribution in [2.75, 3.05) is 11.9 Å². The maximum absolute atomic E-state index is 12.6. The highest BCUT2D eigenvalue weighted by Crippen LogP contribution is 2.22. The van der Waals surface area contributed by atoms with Crippen LogP contribution >= 0.6 is 0 Å². The number of rotatable bonds is 5. The lowest BCUT2D eigenvalue weighted by atomic mass is 9.97. The van der Waals surface area contributed by atoms with Crippen LogP contribution in [0.25, 0.3) is 10.8 Å². The molecule has 3 aromatic rings. The highest BCUT2D eigenvalue weighted by Gasteiger charge is 2.19. The Bertz CT molecular complexity index is 844. The minimum Gasteiger partial charge on any atom is -0.392 e. The van der Waals surface area contributed by atoms with Crippen molar-refractivity contribution in [1.82, 2.24) is 0 Å². The minimum atomic E-state index is -0.427. The van der Waals surface area contributed by atoms with Crippen molar-refractivity contribution in [2.45, 2.75) is 12.5 Å². The van der Waals surface area contributed by atoms with E-state index in [0.717, 1.165) is 27.6 Å². The van der Waals surface area contributed by atoms with E-state index in [0.29, 0.717) is 0 Å². The third-order valence-corrected chi connectivity index (χ3v) is 4.13. The number of fused-ring (bicyclic) bond motifs is 1. The molecule has 0 heterocycles. The second kappa shape index (κ2) is 7.25. The summed E-state index contributed by atoms with van der Waals surface area (Å²) in [5.74, 6) is -0.561. The fraction of sp³-hybridized carbons (Fsp3) is 0.150. The Morgan fingerprint density at radius 1 is 1.00 bits per heavy atom. The van der Waals surface area contributed by atoms with E-state index >= 15 is 0 Å². The molecule has 0 aliphatic carbocycles. The summed E-state index contributed by atoms with van der Waals surface area (Å²) < 4.78 is 0. The average molecular weight is 320 g/mol. The third-order valence-electron chi connectivity index (χ3n) is 4.13. The van der Waals surface area contributed by atoms with Crippen molar-refractivity contribution >= 4 is 22.4 Å². The Morgan fingerprint density at radius 2 is 1.71 bits per heavy atom. The van der Waals surface area contributed by atoms with E-state index in [1.807, 2.05) is 54.6 Å². The molecular formula is C20H20N2O2. The second-order valence-corrected chi connectivity index (χ2v) is 5.74. The molecule has 0 fully saturated rings. The number of aliphatic hydroxyl groups excluding tert-OH is 1. The van der Waals surface area contributed by atoms with Crippen LogP contribution < -0.4 is 11.1 Å². The highest BCUT2D eigenvalue weighted by atomic mass is 16.3. The van der Waals surface area contributed by atoms with Crippen molar-refractivity contribution in [1.29, 1.82) is 0 Å². The van der Waals surface area contributed by atoms with Gasteiger partial charge in [0.1, 0.15) is 0 Å². The van der Waals surface area contributed by atoms with Crippen LogP contribution in [0.4, 0.5) is 5.69 Å². The van der Waals surface area contributed by atoms with Crippen LogP contribution in [0.15, 0.2) is 66.7 Å². The van der Waals surface area contributed by atoms with Crippen LogP contribution in [0.1, 0.15) is 17.0 Å². The zero-order valence-electron chi connectivity index (χ0n) is 13.3. The molecule has 0 aliphatic heterocycles. The largest absolute Gasteiger partial charge is 0.392 e. The highest BCUT2D eigenvalue weighted by molar-refractivity contribution is 5.98. The Hall–Kier alpha value is -2.69. The molecule has 122 valence electrons. The molecule has 0 radical (unpaired) electrons. The summed E-state index contributed by atoms with van der Waals surface area (Å²) in [5.41, 5.74) is 8.21. The van der Waals surface area contributed by atoms with E-state index in [9.17, 15) is 4.79 Å². The second-order valence-electron chi connectivity index (χ2n) is 5.74. The summed E-state index contributed by atoms with van der Waals surface area (Å²) in [4.78, 5) is 12.6. The van der Waals surface area contributed by atoms with E-state index in [1.165, 1.54) is 0 Å². The van der Waals surface area contributed by atoms with Gasteiger partial charge in [-0.3, -0.25) is 4.79 Å². The minimum absolute atomic E-state index is 0.0170. The van der Waals surface area contributed by atoms with Crippen molar-refractivity contribution < 1.29 is 9.90 Å². The predicted molar refractivity (Wildman–Crippen MR) is 96.7 cm³/mol. The summed E-state index contributed by atoms with van der Waals surface area (Å²) in [7, 11) is 0. The Balaban J connectivity index is 1.79. The van der Waals surface area contributed by atoms with E-state index in [-0.39, 0.29) is 19.1 Å². The summed E-state index contributed by atoms with van der Waals surface area (Å²) in [6.45, 7) is 0.203. The van der Waals surface area contributed by atoms with Crippen molar-refractivity contribution in [3.8, 4) is 0 Å². The van der Waals surface area contributed by atoms with Crippen LogP contribution in [0, 0.1) is 0 Å². The molecule has 4 nitrogen and oxygen atoms in total. The number of hydrogen-bond donors (Lipinski definition) is 3.